The van der Waals surface area contributed by atoms with E-state index in [9.17, 15) is 4.79 Å². The first-order valence-corrected chi connectivity index (χ1v) is 8.40. The normalized spacial score (nSPS) is 20.8. The van der Waals surface area contributed by atoms with E-state index in [1.807, 2.05) is 48.5 Å². The van der Waals surface area contributed by atoms with E-state index in [4.69, 9.17) is 11.6 Å². The number of halogens is 2. The molecule has 1 amide bonds. The summed E-state index contributed by atoms with van der Waals surface area (Å²) in [6, 6.07) is 15.2. The van der Waals surface area contributed by atoms with Crippen molar-refractivity contribution < 1.29 is 4.79 Å². The lowest BCUT2D eigenvalue weighted by Gasteiger charge is -2.11. The zero-order chi connectivity index (χ0) is 15.5. The van der Waals surface area contributed by atoms with Crippen molar-refractivity contribution in [2.24, 2.45) is 0 Å². The van der Waals surface area contributed by atoms with Gasteiger partial charge in [-0.1, -0.05) is 23.7 Å². The molecule has 3 N–H and O–H groups in total. The van der Waals surface area contributed by atoms with Gasteiger partial charge in [0.05, 0.1) is 0 Å². The first-order valence-electron chi connectivity index (χ1n) is 6.95. The van der Waals surface area contributed by atoms with Crippen LogP contribution in [-0.4, -0.2) is 11.9 Å². The van der Waals surface area contributed by atoms with Crippen LogP contribution in [0, 0.1) is 3.57 Å². The van der Waals surface area contributed by atoms with Crippen molar-refractivity contribution in [2.45, 2.75) is 18.5 Å². The quantitative estimate of drug-likeness (QED) is 0.657. The van der Waals surface area contributed by atoms with E-state index in [1.54, 1.807) is 0 Å². The predicted molar refractivity (Wildman–Crippen MR) is 96.7 cm³/mol. The Kier molecular flexibility index (Phi) is 4.97. The number of hydrogen-bond acceptors (Lipinski definition) is 3. The molecule has 0 saturated carbocycles. The van der Waals surface area contributed by atoms with Crippen molar-refractivity contribution >= 4 is 45.8 Å². The van der Waals surface area contributed by atoms with Crippen LogP contribution >= 0.6 is 34.2 Å². The van der Waals surface area contributed by atoms with Crippen molar-refractivity contribution in [1.82, 2.24) is 10.9 Å². The first-order chi connectivity index (χ1) is 10.6. The number of carbonyl (C=O) groups is 1. The number of anilines is 1. The van der Waals surface area contributed by atoms with Crippen LogP contribution in [-0.2, 0) is 4.79 Å². The van der Waals surface area contributed by atoms with Crippen molar-refractivity contribution in [3.63, 3.8) is 0 Å². The van der Waals surface area contributed by atoms with E-state index in [2.05, 4.69) is 38.8 Å². The SMILES string of the molecule is O=C(Nc1ccc(I)cc1)C1CC(c2cccc(Cl)c2)NN1. The molecule has 0 radical (unpaired) electrons. The predicted octanol–water partition coefficient (Wildman–Crippen LogP) is 3.49. The highest BCUT2D eigenvalue weighted by Gasteiger charge is 2.30. The Morgan fingerprint density at radius 3 is 2.68 bits per heavy atom. The number of hydrazine groups is 1. The van der Waals surface area contributed by atoms with E-state index in [0.29, 0.717) is 11.4 Å². The Balaban J connectivity index is 1.62. The van der Waals surface area contributed by atoms with E-state index in [1.165, 1.54) is 0 Å². The van der Waals surface area contributed by atoms with Crippen molar-refractivity contribution in [2.75, 3.05) is 5.32 Å². The van der Waals surface area contributed by atoms with Crippen LogP contribution in [0.4, 0.5) is 5.69 Å². The Hall–Kier alpha value is -1.15. The molecular weight excluding hydrogens is 413 g/mol. The van der Waals surface area contributed by atoms with Crippen LogP contribution in [0.5, 0.6) is 0 Å². The van der Waals surface area contributed by atoms with E-state index in [0.717, 1.165) is 14.8 Å². The number of nitrogens with one attached hydrogen (secondary N) is 3. The summed E-state index contributed by atoms with van der Waals surface area (Å²) in [6.45, 7) is 0. The lowest BCUT2D eigenvalue weighted by molar-refractivity contribution is -0.117. The summed E-state index contributed by atoms with van der Waals surface area (Å²) >= 11 is 8.25. The maximum atomic E-state index is 12.3. The molecule has 2 unspecified atom stereocenters. The third kappa shape index (κ3) is 3.78. The van der Waals surface area contributed by atoms with Crippen molar-refractivity contribution in [3.8, 4) is 0 Å². The number of carbonyl (C=O) groups excluding carboxylic acids is 1. The fraction of sp³-hybridized carbons (Fsp3) is 0.188. The second-order valence-corrected chi connectivity index (χ2v) is 6.86. The third-order valence-corrected chi connectivity index (χ3v) is 4.54. The van der Waals surface area contributed by atoms with Crippen LogP contribution in [0.2, 0.25) is 5.02 Å². The van der Waals surface area contributed by atoms with Gasteiger partial charge < -0.3 is 5.32 Å². The Labute approximate surface area is 147 Å². The molecule has 1 fully saturated rings. The highest BCUT2D eigenvalue weighted by atomic mass is 127. The highest BCUT2D eigenvalue weighted by molar-refractivity contribution is 14.1. The lowest BCUT2D eigenvalue weighted by atomic mass is 10.0. The van der Waals surface area contributed by atoms with Gasteiger partial charge in [-0.15, -0.1) is 0 Å². The number of benzene rings is 2. The molecule has 1 heterocycles. The van der Waals surface area contributed by atoms with Gasteiger partial charge in [0.1, 0.15) is 6.04 Å². The minimum absolute atomic E-state index is 0.0433. The van der Waals surface area contributed by atoms with Crippen LogP contribution in [0.3, 0.4) is 0 Å². The van der Waals surface area contributed by atoms with Gasteiger partial charge >= 0.3 is 0 Å². The second kappa shape index (κ2) is 6.95. The van der Waals surface area contributed by atoms with Crippen molar-refractivity contribution in [3.05, 3.63) is 62.7 Å². The summed E-state index contributed by atoms with van der Waals surface area (Å²) < 4.78 is 1.14. The van der Waals surface area contributed by atoms with Gasteiger partial charge in [0.15, 0.2) is 0 Å². The summed E-state index contributed by atoms with van der Waals surface area (Å²) in [6.07, 6.45) is 0.677. The molecule has 1 aliphatic rings. The van der Waals surface area contributed by atoms with E-state index in [-0.39, 0.29) is 18.0 Å². The standard InChI is InChI=1S/C16H15ClIN3O/c17-11-3-1-2-10(8-11)14-9-15(21-20-14)16(22)19-13-6-4-12(18)5-7-13/h1-8,14-15,20-21H,9H2,(H,19,22). The van der Waals surface area contributed by atoms with Gasteiger partial charge in [0, 0.05) is 20.3 Å². The second-order valence-electron chi connectivity index (χ2n) is 5.18. The van der Waals surface area contributed by atoms with Gasteiger partial charge in [-0.2, -0.15) is 0 Å². The molecule has 2 atom stereocenters. The maximum absolute atomic E-state index is 12.3. The topological polar surface area (TPSA) is 53.2 Å². The average molecular weight is 428 g/mol. The van der Waals surface area contributed by atoms with Gasteiger partial charge in [-0.25, -0.2) is 10.9 Å². The smallest absolute Gasteiger partial charge is 0.242 e. The molecule has 1 saturated heterocycles. The summed E-state index contributed by atoms with van der Waals surface area (Å²) in [7, 11) is 0. The first kappa shape index (κ1) is 15.7. The molecule has 22 heavy (non-hydrogen) atoms. The molecule has 1 aliphatic heterocycles. The molecule has 0 aliphatic carbocycles. The monoisotopic (exact) mass is 427 g/mol. The molecule has 114 valence electrons. The fourth-order valence-corrected chi connectivity index (χ4v) is 2.99. The van der Waals surface area contributed by atoms with E-state index >= 15 is 0 Å². The van der Waals surface area contributed by atoms with Gasteiger partial charge in [-0.3, -0.25) is 4.79 Å². The molecule has 2 aromatic rings. The molecule has 0 aromatic heterocycles. The summed E-state index contributed by atoms with van der Waals surface area (Å²) in [4.78, 5) is 12.3. The lowest BCUT2D eigenvalue weighted by Crippen LogP contribution is -2.39. The van der Waals surface area contributed by atoms with Gasteiger partial charge in [0.2, 0.25) is 5.91 Å². The van der Waals surface area contributed by atoms with Crippen LogP contribution in [0.1, 0.15) is 18.0 Å². The summed E-state index contributed by atoms with van der Waals surface area (Å²) in [5.74, 6) is -0.0433. The van der Waals surface area contributed by atoms with E-state index < -0.39 is 0 Å². The molecule has 0 spiro atoms. The maximum Gasteiger partial charge on any atom is 0.242 e. The number of rotatable bonds is 3. The number of hydrogen-bond donors (Lipinski definition) is 3. The third-order valence-electron chi connectivity index (χ3n) is 3.58. The Morgan fingerprint density at radius 1 is 1.18 bits per heavy atom. The fourth-order valence-electron chi connectivity index (χ4n) is 2.43. The summed E-state index contributed by atoms with van der Waals surface area (Å²) in [5.41, 5.74) is 8.08. The highest BCUT2D eigenvalue weighted by Crippen LogP contribution is 2.25. The molecule has 0 bridgehead atoms. The van der Waals surface area contributed by atoms with Crippen LogP contribution in [0.25, 0.3) is 0 Å². The minimum Gasteiger partial charge on any atom is -0.325 e. The molecule has 2 aromatic carbocycles. The van der Waals surface area contributed by atoms with Gasteiger partial charge in [0.25, 0.3) is 0 Å². The minimum atomic E-state index is -0.275. The Morgan fingerprint density at radius 2 is 1.95 bits per heavy atom. The van der Waals surface area contributed by atoms with Crippen LogP contribution in [0.15, 0.2) is 48.5 Å². The largest absolute Gasteiger partial charge is 0.325 e. The zero-order valence-corrected chi connectivity index (χ0v) is 14.6. The van der Waals surface area contributed by atoms with Crippen LogP contribution < -0.4 is 16.2 Å². The zero-order valence-electron chi connectivity index (χ0n) is 11.6. The summed E-state index contributed by atoms with van der Waals surface area (Å²) in [5, 5.41) is 3.62. The number of amides is 1. The van der Waals surface area contributed by atoms with Gasteiger partial charge in [-0.05, 0) is 71.0 Å². The molecular formula is C16H15ClIN3O. The average Bonchev–Trinajstić information content (AvgIpc) is 3.00. The molecule has 6 heteroatoms. The molecule has 3 rings (SSSR count). The Bertz CT molecular complexity index is 677. The van der Waals surface area contributed by atoms with Crippen molar-refractivity contribution in [1.29, 1.82) is 0 Å². The molecule has 4 nitrogen and oxygen atoms in total.